The number of hydrogen-bond acceptors (Lipinski definition) is 2. The maximum atomic E-state index is 10.8. The van der Waals surface area contributed by atoms with E-state index in [1.807, 2.05) is 33.4 Å². The number of aryl methyl sites for hydroxylation is 1. The van der Waals surface area contributed by atoms with Crippen molar-refractivity contribution in [3.05, 3.63) is 99.1 Å². The normalized spacial score (nSPS) is 12.4. The van der Waals surface area contributed by atoms with E-state index in [9.17, 15) is 5.11 Å². The van der Waals surface area contributed by atoms with Crippen LogP contribution in [0.3, 0.4) is 0 Å². The summed E-state index contributed by atoms with van der Waals surface area (Å²) >= 11 is 12.1. The molecule has 4 aromatic rings. The molecule has 6 heteroatoms. The van der Waals surface area contributed by atoms with E-state index in [0.717, 1.165) is 16.6 Å². The third-order valence-corrected chi connectivity index (χ3v) is 5.86. The molecular weight excluding hydrogens is 405 g/mol. The minimum atomic E-state index is -0.808. The van der Waals surface area contributed by atoms with E-state index >= 15 is 0 Å². The first-order chi connectivity index (χ1) is 13.9. The van der Waals surface area contributed by atoms with Gasteiger partial charge in [-0.25, -0.2) is 0 Å². The van der Waals surface area contributed by atoms with Crippen molar-refractivity contribution < 1.29 is 5.11 Å². The van der Waals surface area contributed by atoms with Crippen molar-refractivity contribution >= 4 is 34.2 Å². The Morgan fingerprint density at radius 2 is 1.55 bits per heavy atom. The Morgan fingerprint density at radius 1 is 0.897 bits per heavy atom. The zero-order chi connectivity index (χ0) is 20.5. The third kappa shape index (κ3) is 3.97. The van der Waals surface area contributed by atoms with Crippen LogP contribution in [-0.2, 0) is 13.1 Å². The number of hydrogen-bond donors (Lipinski definition) is 2. The van der Waals surface area contributed by atoms with E-state index in [1.165, 1.54) is 5.56 Å². The lowest BCUT2D eigenvalue weighted by Crippen LogP contribution is -2.27. The first-order valence-corrected chi connectivity index (χ1v) is 10.1. The van der Waals surface area contributed by atoms with Crippen molar-refractivity contribution in [2.75, 3.05) is 0 Å². The van der Waals surface area contributed by atoms with Crippen molar-refractivity contribution in [2.24, 2.45) is 0 Å². The highest BCUT2D eigenvalue weighted by Gasteiger charge is 2.16. The fourth-order valence-electron chi connectivity index (χ4n) is 3.51. The molecule has 0 amide bonds. The number of aliphatic hydroxyl groups is 1. The average molecular weight is 426 g/mol. The average Bonchev–Trinajstić information content (AvgIpc) is 2.97. The number of rotatable bonds is 5. The molecule has 1 heterocycles. The van der Waals surface area contributed by atoms with Crippen LogP contribution in [0.5, 0.6) is 0 Å². The summed E-state index contributed by atoms with van der Waals surface area (Å²) < 4.78 is 3.79. The standard InChI is InChI=1S/C23H21Cl2N3O/c1-15-6-8-16(9-7-15)13-27-20-4-2-3-5-21(20)28(23(27)26)14-22(29)17-10-11-18(24)19(25)12-17/h2-12,22,26,29H,13-14H2,1H3/t22-/m1/s1. The summed E-state index contributed by atoms with van der Waals surface area (Å²) in [4.78, 5) is 0. The van der Waals surface area contributed by atoms with Gasteiger partial charge in [-0.3, -0.25) is 5.41 Å². The zero-order valence-corrected chi connectivity index (χ0v) is 17.5. The third-order valence-electron chi connectivity index (χ3n) is 5.12. The van der Waals surface area contributed by atoms with E-state index < -0.39 is 6.10 Å². The van der Waals surface area contributed by atoms with Crippen LogP contribution in [0.15, 0.2) is 66.7 Å². The predicted molar refractivity (Wildman–Crippen MR) is 117 cm³/mol. The second-order valence-corrected chi connectivity index (χ2v) is 8.00. The van der Waals surface area contributed by atoms with Gasteiger partial charge in [0.05, 0.1) is 40.3 Å². The monoisotopic (exact) mass is 425 g/mol. The number of aromatic nitrogens is 2. The second kappa shape index (κ2) is 8.07. The maximum absolute atomic E-state index is 10.8. The van der Waals surface area contributed by atoms with Crippen LogP contribution in [-0.4, -0.2) is 14.2 Å². The van der Waals surface area contributed by atoms with E-state index in [-0.39, 0.29) is 6.54 Å². The van der Waals surface area contributed by atoms with Crippen LogP contribution in [0.4, 0.5) is 0 Å². The number of para-hydroxylation sites is 2. The summed E-state index contributed by atoms with van der Waals surface area (Å²) in [6.07, 6.45) is -0.808. The quantitative estimate of drug-likeness (QED) is 0.446. The van der Waals surface area contributed by atoms with Crippen LogP contribution >= 0.6 is 23.2 Å². The molecule has 0 bridgehead atoms. The molecule has 0 radical (unpaired) electrons. The number of imidazole rings is 1. The summed E-state index contributed by atoms with van der Waals surface area (Å²) in [6.45, 7) is 2.90. The maximum Gasteiger partial charge on any atom is 0.203 e. The molecule has 0 saturated carbocycles. The van der Waals surface area contributed by atoms with Gasteiger partial charge in [-0.05, 0) is 42.3 Å². The lowest BCUT2D eigenvalue weighted by Gasteiger charge is -2.13. The molecule has 0 fully saturated rings. The molecule has 0 saturated heterocycles. The molecular formula is C23H21Cl2N3O. The number of aliphatic hydroxyl groups excluding tert-OH is 1. The number of nitrogens with zero attached hydrogens (tertiary/aromatic N) is 2. The van der Waals surface area contributed by atoms with Gasteiger partial charge in [0.25, 0.3) is 0 Å². The molecule has 2 N–H and O–H groups in total. The van der Waals surface area contributed by atoms with E-state index in [1.54, 1.807) is 18.2 Å². The molecule has 148 valence electrons. The fraction of sp³-hybridized carbons (Fsp3) is 0.174. The Morgan fingerprint density at radius 3 is 2.21 bits per heavy atom. The molecule has 0 aliphatic rings. The van der Waals surface area contributed by atoms with Crippen molar-refractivity contribution in [3.63, 3.8) is 0 Å². The van der Waals surface area contributed by atoms with Crippen molar-refractivity contribution in [1.29, 1.82) is 5.41 Å². The minimum Gasteiger partial charge on any atom is -0.387 e. The molecule has 29 heavy (non-hydrogen) atoms. The first-order valence-electron chi connectivity index (χ1n) is 9.35. The second-order valence-electron chi connectivity index (χ2n) is 7.18. The highest BCUT2D eigenvalue weighted by Crippen LogP contribution is 2.27. The summed E-state index contributed by atoms with van der Waals surface area (Å²) in [7, 11) is 0. The lowest BCUT2D eigenvalue weighted by atomic mass is 10.1. The number of fused-ring (bicyclic) bond motifs is 1. The van der Waals surface area contributed by atoms with Gasteiger partial charge in [0.2, 0.25) is 5.62 Å². The Balaban J connectivity index is 1.73. The van der Waals surface area contributed by atoms with Gasteiger partial charge in [0.15, 0.2) is 0 Å². The Kier molecular flexibility index (Phi) is 5.50. The molecule has 0 spiro atoms. The van der Waals surface area contributed by atoms with Crippen LogP contribution in [0, 0.1) is 12.3 Å². The number of halogens is 2. The number of nitrogens with one attached hydrogen (secondary N) is 1. The highest BCUT2D eigenvalue weighted by molar-refractivity contribution is 6.42. The van der Waals surface area contributed by atoms with Gasteiger partial charge < -0.3 is 14.2 Å². The summed E-state index contributed by atoms with van der Waals surface area (Å²) in [5.41, 5.74) is 5.20. The Bertz CT molecular complexity index is 1230. The summed E-state index contributed by atoms with van der Waals surface area (Å²) in [5.74, 6) is 0. The molecule has 0 aliphatic heterocycles. The molecule has 1 aromatic heterocycles. The van der Waals surface area contributed by atoms with Crippen LogP contribution in [0.2, 0.25) is 10.0 Å². The Hall–Kier alpha value is -2.53. The van der Waals surface area contributed by atoms with Gasteiger partial charge in [0.1, 0.15) is 0 Å². The molecule has 0 aliphatic carbocycles. The summed E-state index contributed by atoms with van der Waals surface area (Å²) in [6, 6.07) is 21.3. The molecule has 0 unspecified atom stereocenters. The molecule has 4 nitrogen and oxygen atoms in total. The van der Waals surface area contributed by atoms with Crippen molar-refractivity contribution in [3.8, 4) is 0 Å². The fourth-order valence-corrected chi connectivity index (χ4v) is 3.82. The van der Waals surface area contributed by atoms with Crippen LogP contribution in [0.1, 0.15) is 22.8 Å². The SMILES string of the molecule is Cc1ccc(Cn2c(=N)n(C[C@@H](O)c3ccc(Cl)c(Cl)c3)c3ccccc32)cc1. The molecule has 4 rings (SSSR count). The minimum absolute atomic E-state index is 0.248. The van der Waals surface area contributed by atoms with Crippen molar-refractivity contribution in [2.45, 2.75) is 26.1 Å². The molecule has 3 aromatic carbocycles. The smallest absolute Gasteiger partial charge is 0.203 e. The zero-order valence-electron chi connectivity index (χ0n) is 15.9. The van der Waals surface area contributed by atoms with E-state index in [2.05, 4.69) is 31.2 Å². The molecule has 1 atom stereocenters. The Labute approximate surface area is 179 Å². The van der Waals surface area contributed by atoms with Gasteiger partial charge >= 0.3 is 0 Å². The topological polar surface area (TPSA) is 53.9 Å². The van der Waals surface area contributed by atoms with E-state index in [4.69, 9.17) is 28.6 Å². The highest BCUT2D eigenvalue weighted by atomic mass is 35.5. The van der Waals surface area contributed by atoms with Gasteiger partial charge in [0, 0.05) is 0 Å². The summed E-state index contributed by atoms with van der Waals surface area (Å²) in [5, 5.41) is 20.4. The predicted octanol–water partition coefficient (Wildman–Crippen LogP) is 5.32. The number of benzene rings is 3. The van der Waals surface area contributed by atoms with Gasteiger partial charge in [-0.15, -0.1) is 0 Å². The van der Waals surface area contributed by atoms with Crippen LogP contribution < -0.4 is 5.62 Å². The first kappa shape index (κ1) is 19.8. The van der Waals surface area contributed by atoms with Crippen LogP contribution in [0.25, 0.3) is 11.0 Å². The van der Waals surface area contributed by atoms with Gasteiger partial charge in [-0.2, -0.15) is 0 Å². The largest absolute Gasteiger partial charge is 0.387 e. The van der Waals surface area contributed by atoms with Gasteiger partial charge in [-0.1, -0.05) is 71.2 Å². The lowest BCUT2D eigenvalue weighted by molar-refractivity contribution is 0.156. The van der Waals surface area contributed by atoms with E-state index in [0.29, 0.717) is 27.8 Å². The van der Waals surface area contributed by atoms with Crippen molar-refractivity contribution in [1.82, 2.24) is 9.13 Å².